The first-order valence-corrected chi connectivity index (χ1v) is 14.8. The van der Waals surface area contributed by atoms with E-state index in [-0.39, 0.29) is 56.8 Å². The van der Waals surface area contributed by atoms with Crippen molar-refractivity contribution in [3.63, 3.8) is 0 Å². The third-order valence-corrected chi connectivity index (χ3v) is 7.43. The fourth-order valence-corrected chi connectivity index (χ4v) is 4.94. The second-order valence-corrected chi connectivity index (χ2v) is 10.8. The van der Waals surface area contributed by atoms with Crippen molar-refractivity contribution in [1.82, 2.24) is 21.3 Å². The van der Waals surface area contributed by atoms with E-state index in [4.69, 9.17) is 22.9 Å². The lowest BCUT2D eigenvalue weighted by atomic mass is 9.95. The van der Waals surface area contributed by atoms with Gasteiger partial charge in [-0.05, 0) is 85.3 Å². The summed E-state index contributed by atoms with van der Waals surface area (Å²) in [5.41, 5.74) is 25.1. The average molecular weight is 613 g/mol. The Balaban J connectivity index is 2.05. The summed E-state index contributed by atoms with van der Waals surface area (Å²) in [5.74, 6) is -2.58. The van der Waals surface area contributed by atoms with E-state index in [9.17, 15) is 29.4 Å². The zero-order valence-electron chi connectivity index (χ0n) is 24.7. The molecule has 1 aliphatic rings. The molecule has 0 aromatic heterocycles. The van der Waals surface area contributed by atoms with Gasteiger partial charge in [-0.2, -0.15) is 0 Å². The molecule has 240 valence electrons. The molecule has 0 spiro atoms. The Kier molecular flexibility index (Phi) is 12.9. The molecule has 0 saturated heterocycles. The number of hydrogen-bond donors (Lipinski definition) is 10. The highest BCUT2D eigenvalue weighted by Gasteiger charge is 2.31. The van der Waals surface area contributed by atoms with Crippen LogP contribution >= 0.6 is 0 Å². The van der Waals surface area contributed by atoms with E-state index in [2.05, 4.69) is 21.3 Å². The van der Waals surface area contributed by atoms with Gasteiger partial charge in [0.1, 0.15) is 29.6 Å². The van der Waals surface area contributed by atoms with Gasteiger partial charge in [-0.15, -0.1) is 0 Å². The van der Waals surface area contributed by atoms with Crippen LogP contribution in [-0.4, -0.2) is 84.2 Å². The second-order valence-electron chi connectivity index (χ2n) is 10.8. The maximum atomic E-state index is 13.7. The minimum atomic E-state index is -1.25. The molecule has 4 bridgehead atoms. The Morgan fingerprint density at radius 2 is 1.48 bits per heavy atom. The Morgan fingerprint density at radius 1 is 0.864 bits per heavy atom. The summed E-state index contributed by atoms with van der Waals surface area (Å²) in [6.07, 6.45) is 1.09. The first-order valence-electron chi connectivity index (χ1n) is 14.8. The molecule has 14 nitrogen and oxygen atoms in total. The van der Waals surface area contributed by atoms with Crippen molar-refractivity contribution in [3.8, 4) is 22.6 Å². The van der Waals surface area contributed by atoms with Crippen LogP contribution in [0.25, 0.3) is 11.1 Å². The highest BCUT2D eigenvalue weighted by molar-refractivity contribution is 5.95. The van der Waals surface area contributed by atoms with Crippen LogP contribution in [0.5, 0.6) is 11.5 Å². The van der Waals surface area contributed by atoms with Crippen molar-refractivity contribution in [2.45, 2.75) is 62.7 Å². The van der Waals surface area contributed by atoms with E-state index < -0.39 is 47.8 Å². The molecule has 4 atom stereocenters. The number of aromatic hydroxyl groups is 2. The number of carbonyl (C=O) groups is 4. The number of rotatable bonds is 11. The maximum Gasteiger partial charge on any atom is 0.243 e. The van der Waals surface area contributed by atoms with Gasteiger partial charge in [0.25, 0.3) is 0 Å². The molecule has 0 unspecified atom stereocenters. The molecule has 14 heteroatoms. The summed E-state index contributed by atoms with van der Waals surface area (Å²) < 4.78 is 0. The van der Waals surface area contributed by atoms with Gasteiger partial charge in [0.05, 0.1) is 6.04 Å². The topological polar surface area (TPSA) is 261 Å². The Bertz CT molecular complexity index is 1320. The predicted molar refractivity (Wildman–Crippen MR) is 165 cm³/mol. The van der Waals surface area contributed by atoms with Gasteiger partial charge in [0.15, 0.2) is 0 Å². The highest BCUT2D eigenvalue weighted by atomic mass is 16.3. The zero-order valence-corrected chi connectivity index (χ0v) is 24.7. The van der Waals surface area contributed by atoms with E-state index in [0.29, 0.717) is 41.6 Å². The van der Waals surface area contributed by atoms with Crippen LogP contribution in [0, 0.1) is 0 Å². The molecule has 1 aliphatic heterocycles. The molecule has 44 heavy (non-hydrogen) atoms. The normalized spacial score (nSPS) is 19.5. The second kappa shape index (κ2) is 16.6. The lowest BCUT2D eigenvalue weighted by molar-refractivity contribution is -0.134. The van der Waals surface area contributed by atoms with E-state index in [0.717, 1.165) is 0 Å². The van der Waals surface area contributed by atoms with Crippen LogP contribution in [0.1, 0.15) is 36.8 Å². The summed E-state index contributed by atoms with van der Waals surface area (Å²) in [6, 6.07) is 5.28. The van der Waals surface area contributed by atoms with Crippen LogP contribution in [0.15, 0.2) is 36.4 Å². The number of nitrogens with two attached hydrogens (primary N) is 4. The fraction of sp³-hybridized carbons (Fsp3) is 0.467. The molecule has 4 amide bonds. The van der Waals surface area contributed by atoms with Crippen LogP contribution < -0.4 is 44.2 Å². The Labute approximate surface area is 256 Å². The van der Waals surface area contributed by atoms with E-state index in [1.807, 2.05) is 0 Å². The van der Waals surface area contributed by atoms with E-state index >= 15 is 0 Å². The largest absolute Gasteiger partial charge is 0.508 e. The van der Waals surface area contributed by atoms with Gasteiger partial charge < -0.3 is 54.4 Å². The van der Waals surface area contributed by atoms with Crippen molar-refractivity contribution in [2.24, 2.45) is 22.9 Å². The number of nitrogens with one attached hydrogen (secondary N) is 4. The van der Waals surface area contributed by atoms with Gasteiger partial charge >= 0.3 is 0 Å². The molecular weight excluding hydrogens is 568 g/mol. The number of phenolic OH excluding ortho intramolecular Hbond substituents is 2. The third kappa shape index (κ3) is 9.38. The lowest BCUT2D eigenvalue weighted by Gasteiger charge is -2.26. The number of fused-ring (bicyclic) bond motifs is 5. The summed E-state index contributed by atoms with van der Waals surface area (Å²) in [5, 5.41) is 32.0. The van der Waals surface area contributed by atoms with Gasteiger partial charge in [-0.25, -0.2) is 0 Å². The monoisotopic (exact) mass is 612 g/mol. The fourth-order valence-electron chi connectivity index (χ4n) is 4.94. The van der Waals surface area contributed by atoms with Crippen LogP contribution in [-0.2, 0) is 32.0 Å². The standard InChI is InChI=1S/C30H44N8O6/c31-9-1-3-22(28(42)35-12-11-33)37-30(44)24-16-20-14-18(6-8-26(20)40)17-5-7-25(39)19(13-17)15-21(34)27(41)36-23(4-2-10-32)29(43)38-24/h5-8,13-14,21-24,39-40H,1-4,9-12,15-16,31-34H2,(H,35,42)(H,36,41)(H,37,44)(H,38,43)/t21-,22-,23-,24-/m0/s1. The minimum absolute atomic E-state index is 0.0108. The first-order chi connectivity index (χ1) is 21.1. The quantitative estimate of drug-likeness (QED) is 0.136. The molecule has 0 saturated carbocycles. The highest BCUT2D eigenvalue weighted by Crippen LogP contribution is 2.31. The SMILES string of the molecule is NCCC[C@H](NC(=O)[C@@H]1Cc2cc(ccc2O)-c2ccc(O)c(c2)C[C@H](N)C(=O)N[C@@H](CCCN)C(=O)N1)C(=O)NCCN. The van der Waals surface area contributed by atoms with Crippen LogP contribution in [0.3, 0.4) is 0 Å². The average Bonchev–Trinajstić information content (AvgIpc) is 3.01. The molecule has 1 heterocycles. The van der Waals surface area contributed by atoms with Crippen molar-refractivity contribution in [1.29, 1.82) is 0 Å². The minimum Gasteiger partial charge on any atom is -0.508 e. The van der Waals surface area contributed by atoms with Gasteiger partial charge in [-0.1, -0.05) is 12.1 Å². The lowest BCUT2D eigenvalue weighted by Crippen LogP contribution is -2.58. The van der Waals surface area contributed by atoms with Gasteiger partial charge in [-0.3, -0.25) is 19.2 Å². The summed E-state index contributed by atoms with van der Waals surface area (Å²) in [4.78, 5) is 53.2. The summed E-state index contributed by atoms with van der Waals surface area (Å²) >= 11 is 0. The third-order valence-electron chi connectivity index (χ3n) is 7.43. The molecule has 0 aliphatic carbocycles. The number of amides is 4. The molecule has 3 rings (SSSR count). The van der Waals surface area contributed by atoms with Crippen molar-refractivity contribution in [3.05, 3.63) is 47.5 Å². The molecular formula is C30H44N8O6. The Hall–Kier alpha value is -4.24. The van der Waals surface area contributed by atoms with E-state index in [1.54, 1.807) is 24.3 Å². The number of benzene rings is 2. The van der Waals surface area contributed by atoms with Crippen molar-refractivity contribution < 1.29 is 29.4 Å². The Morgan fingerprint density at radius 3 is 2.07 bits per heavy atom. The molecule has 2 aromatic carbocycles. The number of carbonyl (C=O) groups excluding carboxylic acids is 4. The zero-order chi connectivity index (χ0) is 32.2. The molecule has 2 aromatic rings. The van der Waals surface area contributed by atoms with Gasteiger partial charge in [0, 0.05) is 25.9 Å². The maximum absolute atomic E-state index is 13.7. The van der Waals surface area contributed by atoms with Crippen LogP contribution in [0.2, 0.25) is 0 Å². The van der Waals surface area contributed by atoms with Gasteiger partial charge in [0.2, 0.25) is 23.6 Å². The van der Waals surface area contributed by atoms with Crippen molar-refractivity contribution >= 4 is 23.6 Å². The van der Waals surface area contributed by atoms with Crippen LogP contribution in [0.4, 0.5) is 0 Å². The summed E-state index contributed by atoms with van der Waals surface area (Å²) in [7, 11) is 0. The van der Waals surface area contributed by atoms with E-state index in [1.165, 1.54) is 12.1 Å². The molecule has 14 N–H and O–H groups in total. The first kappa shape index (κ1) is 34.3. The molecule has 0 fully saturated rings. The number of phenols is 2. The molecule has 0 radical (unpaired) electrons. The predicted octanol–water partition coefficient (Wildman–Crippen LogP) is -1.80. The smallest absolute Gasteiger partial charge is 0.243 e. The van der Waals surface area contributed by atoms with Crippen molar-refractivity contribution in [2.75, 3.05) is 26.2 Å². The summed E-state index contributed by atoms with van der Waals surface area (Å²) in [6.45, 7) is 0.955. The number of hydrogen-bond acceptors (Lipinski definition) is 10.